The lowest BCUT2D eigenvalue weighted by Crippen LogP contribution is -2.01. The number of aliphatic imine (C=N–C) groups is 1. The maximum atomic E-state index is 13.5. The van der Waals surface area contributed by atoms with Gasteiger partial charge in [0.05, 0.1) is 11.9 Å². The molecular weight excluding hydrogens is 331 g/mol. The lowest BCUT2D eigenvalue weighted by Gasteiger charge is -2.04. The molecule has 0 bridgehead atoms. The summed E-state index contributed by atoms with van der Waals surface area (Å²) >= 11 is 0. The Morgan fingerprint density at radius 2 is 1.46 bits per heavy atom. The van der Waals surface area contributed by atoms with Gasteiger partial charge in [0.2, 0.25) is 5.82 Å². The second kappa shape index (κ2) is 5.88. The van der Waals surface area contributed by atoms with Gasteiger partial charge >= 0.3 is 0 Å². The summed E-state index contributed by atoms with van der Waals surface area (Å²) in [6, 6.07) is 7.63. The number of phenols is 1. The Bertz CT molecular complexity index is 959. The van der Waals surface area contributed by atoms with Gasteiger partial charge in [0.25, 0.3) is 0 Å². The van der Waals surface area contributed by atoms with Crippen molar-refractivity contribution in [2.75, 3.05) is 0 Å². The van der Waals surface area contributed by atoms with Gasteiger partial charge in [-0.15, -0.1) is 0 Å². The molecule has 0 atom stereocenters. The van der Waals surface area contributed by atoms with E-state index < -0.39 is 34.8 Å². The number of rotatable bonds is 2. The number of halogens is 5. The van der Waals surface area contributed by atoms with E-state index in [1.54, 1.807) is 18.2 Å². The van der Waals surface area contributed by atoms with Gasteiger partial charge in [-0.05, 0) is 12.1 Å². The van der Waals surface area contributed by atoms with E-state index in [1.165, 1.54) is 12.1 Å². The molecule has 0 amide bonds. The summed E-state index contributed by atoms with van der Waals surface area (Å²) < 4.78 is 66.2. The fraction of sp³-hybridized carbons (Fsp3) is 0. The Morgan fingerprint density at radius 1 is 0.833 bits per heavy atom. The summed E-state index contributed by atoms with van der Waals surface area (Å²) in [5, 5.41) is 10.3. The van der Waals surface area contributed by atoms with Crippen molar-refractivity contribution in [3.8, 4) is 5.75 Å². The first-order valence-electron chi connectivity index (χ1n) is 6.54. The van der Waals surface area contributed by atoms with Gasteiger partial charge in [0.1, 0.15) is 17.0 Å². The van der Waals surface area contributed by atoms with E-state index in [4.69, 9.17) is 0 Å². The van der Waals surface area contributed by atoms with Crippen molar-refractivity contribution in [3.63, 3.8) is 0 Å². The first kappa shape index (κ1) is 15.9. The number of phenolic OH excluding ortho intramolecular Hbond substituents is 1. The highest BCUT2D eigenvalue weighted by atomic mass is 19.2. The van der Waals surface area contributed by atoms with E-state index in [1.807, 2.05) is 0 Å². The molecule has 0 aliphatic rings. The largest absolute Gasteiger partial charge is 0.506 e. The minimum absolute atomic E-state index is 0.0629. The van der Waals surface area contributed by atoms with Crippen molar-refractivity contribution in [1.82, 2.24) is 4.98 Å². The quantitative estimate of drug-likeness (QED) is 0.326. The number of aromatic hydroxyl groups is 1. The zero-order chi connectivity index (χ0) is 17.4. The van der Waals surface area contributed by atoms with Crippen molar-refractivity contribution in [2.24, 2.45) is 4.99 Å². The molecule has 1 aromatic heterocycles. The summed E-state index contributed by atoms with van der Waals surface area (Å²) in [5.41, 5.74) is -1.04. The minimum atomic E-state index is -2.25. The molecule has 3 aromatic rings. The van der Waals surface area contributed by atoms with Crippen LogP contribution in [0, 0.1) is 29.1 Å². The average molecular weight is 338 g/mol. The molecule has 0 aliphatic carbocycles. The maximum absolute atomic E-state index is 13.5. The number of hydrogen-bond acceptors (Lipinski definition) is 3. The highest BCUT2D eigenvalue weighted by Gasteiger charge is 2.25. The Labute approximate surface area is 131 Å². The number of hydrogen-bond donors (Lipinski definition) is 1. The highest BCUT2D eigenvalue weighted by molar-refractivity contribution is 5.89. The molecule has 0 spiro atoms. The number of fused-ring (bicyclic) bond motifs is 1. The molecule has 0 saturated carbocycles. The van der Waals surface area contributed by atoms with Crippen molar-refractivity contribution in [2.45, 2.75) is 0 Å². The molecule has 1 heterocycles. The topological polar surface area (TPSA) is 45.5 Å². The fourth-order valence-electron chi connectivity index (χ4n) is 2.06. The number of benzene rings is 2. The zero-order valence-corrected chi connectivity index (χ0v) is 11.7. The minimum Gasteiger partial charge on any atom is -0.506 e. The monoisotopic (exact) mass is 338 g/mol. The van der Waals surface area contributed by atoms with E-state index in [-0.39, 0.29) is 17.0 Å². The first-order valence-corrected chi connectivity index (χ1v) is 6.54. The van der Waals surface area contributed by atoms with Gasteiger partial charge in [-0.2, -0.15) is 0 Å². The standard InChI is InChI=1S/C16H7F5N2O/c17-10-11(18)13(20)16(14(21)12(10)19)22-6-8-5-4-7-2-1-3-9(24)15(7)23-8/h1-6,24H/b22-6+. The molecule has 122 valence electrons. The Hall–Kier alpha value is -3.03. The predicted molar refractivity (Wildman–Crippen MR) is 76.9 cm³/mol. The van der Waals surface area contributed by atoms with Crippen LogP contribution in [0.1, 0.15) is 5.69 Å². The van der Waals surface area contributed by atoms with Gasteiger partial charge < -0.3 is 5.11 Å². The molecule has 2 aromatic carbocycles. The van der Waals surface area contributed by atoms with Gasteiger partial charge in [-0.25, -0.2) is 31.9 Å². The Balaban J connectivity index is 2.08. The van der Waals surface area contributed by atoms with Crippen LogP contribution in [0.3, 0.4) is 0 Å². The van der Waals surface area contributed by atoms with Crippen LogP contribution in [-0.2, 0) is 0 Å². The van der Waals surface area contributed by atoms with Crippen LogP contribution in [0.5, 0.6) is 5.75 Å². The number of nitrogens with zero attached hydrogens (tertiary/aromatic N) is 2. The van der Waals surface area contributed by atoms with Crippen LogP contribution >= 0.6 is 0 Å². The Kier molecular flexibility index (Phi) is 3.88. The molecule has 3 nitrogen and oxygen atoms in total. The van der Waals surface area contributed by atoms with Crippen LogP contribution in [0.25, 0.3) is 10.9 Å². The third-order valence-corrected chi connectivity index (χ3v) is 3.23. The van der Waals surface area contributed by atoms with Crippen molar-refractivity contribution < 1.29 is 27.1 Å². The van der Waals surface area contributed by atoms with Crippen LogP contribution in [0.2, 0.25) is 0 Å². The van der Waals surface area contributed by atoms with Crippen molar-refractivity contribution in [1.29, 1.82) is 0 Å². The molecule has 8 heteroatoms. The number of pyridine rings is 1. The first-order chi connectivity index (χ1) is 11.4. The van der Waals surface area contributed by atoms with E-state index in [0.29, 0.717) is 5.39 Å². The highest BCUT2D eigenvalue weighted by Crippen LogP contribution is 2.29. The van der Waals surface area contributed by atoms with Crippen molar-refractivity contribution >= 4 is 22.8 Å². The van der Waals surface area contributed by atoms with Gasteiger partial charge in [0, 0.05) is 5.39 Å². The predicted octanol–water partition coefficient (Wildman–Crippen LogP) is 4.39. The van der Waals surface area contributed by atoms with Crippen LogP contribution in [0.4, 0.5) is 27.6 Å². The number of aromatic nitrogens is 1. The summed E-state index contributed by atoms with van der Waals surface area (Å²) in [5.74, 6) is -10.6. The molecule has 24 heavy (non-hydrogen) atoms. The molecule has 1 N–H and O–H groups in total. The molecule has 0 fully saturated rings. The van der Waals surface area contributed by atoms with E-state index in [9.17, 15) is 27.1 Å². The van der Waals surface area contributed by atoms with E-state index in [2.05, 4.69) is 9.98 Å². The normalized spacial score (nSPS) is 11.5. The van der Waals surface area contributed by atoms with Crippen molar-refractivity contribution in [3.05, 3.63) is 65.1 Å². The van der Waals surface area contributed by atoms with Gasteiger partial charge in [-0.3, -0.25) is 0 Å². The summed E-state index contributed by atoms with van der Waals surface area (Å²) in [6.07, 6.45) is 0.837. The maximum Gasteiger partial charge on any atom is 0.200 e. The fourth-order valence-corrected chi connectivity index (χ4v) is 2.06. The smallest absolute Gasteiger partial charge is 0.200 e. The summed E-state index contributed by atoms with van der Waals surface area (Å²) in [7, 11) is 0. The van der Waals surface area contributed by atoms with Gasteiger partial charge in [0.15, 0.2) is 23.3 Å². The van der Waals surface area contributed by atoms with Crippen LogP contribution in [-0.4, -0.2) is 16.3 Å². The summed E-state index contributed by atoms with van der Waals surface area (Å²) in [4.78, 5) is 7.31. The lowest BCUT2D eigenvalue weighted by molar-refractivity contribution is 0.381. The van der Waals surface area contributed by atoms with E-state index >= 15 is 0 Å². The van der Waals surface area contributed by atoms with Crippen LogP contribution < -0.4 is 0 Å². The zero-order valence-electron chi connectivity index (χ0n) is 11.7. The third-order valence-electron chi connectivity index (χ3n) is 3.23. The SMILES string of the molecule is Oc1cccc2ccc(/C=N/c3c(F)c(F)c(F)c(F)c3F)nc12. The number of para-hydroxylation sites is 1. The van der Waals surface area contributed by atoms with E-state index in [0.717, 1.165) is 6.21 Å². The van der Waals surface area contributed by atoms with Gasteiger partial charge in [-0.1, -0.05) is 18.2 Å². The molecule has 0 aliphatic heterocycles. The molecule has 0 radical (unpaired) electrons. The second-order valence-electron chi connectivity index (χ2n) is 4.76. The lowest BCUT2D eigenvalue weighted by atomic mass is 10.2. The molecule has 0 unspecified atom stereocenters. The molecular formula is C16H7F5N2O. The molecule has 0 saturated heterocycles. The Morgan fingerprint density at radius 3 is 2.12 bits per heavy atom. The third kappa shape index (κ3) is 2.55. The second-order valence-corrected chi connectivity index (χ2v) is 4.76. The average Bonchev–Trinajstić information content (AvgIpc) is 2.59. The molecule has 3 rings (SSSR count). The van der Waals surface area contributed by atoms with Crippen LogP contribution in [0.15, 0.2) is 35.3 Å². The summed E-state index contributed by atoms with van der Waals surface area (Å²) in [6.45, 7) is 0.